The Bertz CT molecular complexity index is 913. The summed E-state index contributed by atoms with van der Waals surface area (Å²) in [5.74, 6) is -0.620. The van der Waals surface area contributed by atoms with Gasteiger partial charge in [0.1, 0.15) is 5.67 Å². The topological polar surface area (TPSA) is 93.2 Å². The number of alkyl halides is 1. The first kappa shape index (κ1) is 20.1. The van der Waals surface area contributed by atoms with Gasteiger partial charge >= 0.3 is 6.03 Å². The lowest BCUT2D eigenvalue weighted by Gasteiger charge is -2.35. The lowest BCUT2D eigenvalue weighted by molar-refractivity contribution is 0.0808. The Kier molecular flexibility index (Phi) is 5.08. The maximum Gasteiger partial charge on any atom is 0.321 e. The van der Waals surface area contributed by atoms with Crippen LogP contribution in [0.4, 0.5) is 14.9 Å². The molecule has 1 fully saturated rings. The summed E-state index contributed by atoms with van der Waals surface area (Å²) in [6.07, 6.45) is 1.09. The molecule has 152 valence electrons. The summed E-state index contributed by atoms with van der Waals surface area (Å²) in [5.41, 5.74) is 5.56. The summed E-state index contributed by atoms with van der Waals surface area (Å²) < 4.78 is 16.0. The first-order chi connectivity index (χ1) is 13.0. The number of aromatic nitrogens is 2. The van der Waals surface area contributed by atoms with Crippen molar-refractivity contribution < 1.29 is 14.0 Å². The predicted octanol–water partition coefficient (Wildman–Crippen LogP) is 3.54. The quantitative estimate of drug-likeness (QED) is 0.841. The van der Waals surface area contributed by atoms with E-state index in [9.17, 15) is 14.0 Å². The number of urea groups is 1. The second-order valence-corrected chi connectivity index (χ2v) is 9.03. The Morgan fingerprint density at radius 1 is 1.36 bits per heavy atom. The summed E-state index contributed by atoms with van der Waals surface area (Å²) in [5, 5.41) is 7.76. The van der Waals surface area contributed by atoms with E-state index in [0.29, 0.717) is 37.0 Å². The van der Waals surface area contributed by atoms with Crippen molar-refractivity contribution in [3.05, 3.63) is 23.9 Å². The molecule has 1 aliphatic heterocycles. The largest absolute Gasteiger partial charge is 0.364 e. The van der Waals surface area contributed by atoms with Crippen molar-refractivity contribution in [2.24, 2.45) is 11.1 Å². The van der Waals surface area contributed by atoms with Gasteiger partial charge in [0, 0.05) is 24.2 Å². The minimum absolute atomic E-state index is 0.0337. The highest BCUT2D eigenvalue weighted by Crippen LogP contribution is 2.28. The number of nitrogens with zero attached hydrogens (tertiary/aromatic N) is 3. The third-order valence-electron chi connectivity index (χ3n) is 4.79. The van der Waals surface area contributed by atoms with Crippen LogP contribution in [0.2, 0.25) is 0 Å². The summed E-state index contributed by atoms with van der Waals surface area (Å²) in [4.78, 5) is 25.9. The summed E-state index contributed by atoms with van der Waals surface area (Å²) in [6.45, 7) is 8.95. The Labute approximate surface area is 164 Å². The number of rotatable bonds is 3. The number of nitrogens with one attached hydrogen (secondary N) is 1. The number of carbonyl (C=O) groups excluding carboxylic acids is 2. The molecule has 2 aromatic rings. The van der Waals surface area contributed by atoms with Gasteiger partial charge in [0.25, 0.3) is 5.91 Å². The smallest absolute Gasteiger partial charge is 0.321 e. The minimum atomic E-state index is -1.37. The number of likely N-dealkylation sites (tertiary alicyclic amines) is 1. The average molecular weight is 389 g/mol. The average Bonchev–Trinajstić information content (AvgIpc) is 2.90. The standard InChI is InChI=1S/C20H28FN5O2/c1-19(2,3)11-26-15-7-6-13(10-14(15)16(24-26)17(22)27)23-18(28)25-9-5-8-20(4,21)12-25/h6-7,10H,5,8-9,11-12H2,1-4H3,(H2,22,27)(H,23,28). The number of amides is 3. The number of hydrogen-bond acceptors (Lipinski definition) is 3. The van der Waals surface area contributed by atoms with Crippen LogP contribution in [0.25, 0.3) is 10.9 Å². The number of hydrogen-bond donors (Lipinski definition) is 2. The number of primary amides is 1. The van der Waals surface area contributed by atoms with Crippen molar-refractivity contribution in [3.8, 4) is 0 Å². The fourth-order valence-corrected chi connectivity index (χ4v) is 3.58. The van der Waals surface area contributed by atoms with Crippen LogP contribution in [0.1, 0.15) is 51.0 Å². The fourth-order valence-electron chi connectivity index (χ4n) is 3.58. The van der Waals surface area contributed by atoms with Crippen molar-refractivity contribution in [3.63, 3.8) is 0 Å². The minimum Gasteiger partial charge on any atom is -0.364 e. The molecule has 1 atom stereocenters. The van der Waals surface area contributed by atoms with Gasteiger partial charge in [0.15, 0.2) is 5.69 Å². The zero-order valence-electron chi connectivity index (χ0n) is 16.9. The van der Waals surface area contributed by atoms with E-state index in [2.05, 4.69) is 31.2 Å². The predicted molar refractivity (Wildman–Crippen MR) is 107 cm³/mol. The van der Waals surface area contributed by atoms with Gasteiger partial charge in [0.05, 0.1) is 12.1 Å². The van der Waals surface area contributed by atoms with Gasteiger partial charge in [-0.05, 0) is 43.4 Å². The molecule has 2 heterocycles. The Morgan fingerprint density at radius 3 is 2.68 bits per heavy atom. The zero-order valence-corrected chi connectivity index (χ0v) is 16.9. The molecule has 3 N–H and O–H groups in total. The molecule has 0 saturated carbocycles. The Hall–Kier alpha value is -2.64. The first-order valence-electron chi connectivity index (χ1n) is 9.50. The lowest BCUT2D eigenvalue weighted by atomic mass is 9.97. The van der Waals surface area contributed by atoms with Crippen molar-refractivity contribution in [2.45, 2.75) is 52.8 Å². The normalized spacial score (nSPS) is 20.4. The van der Waals surface area contributed by atoms with Gasteiger partial charge < -0.3 is 16.0 Å². The lowest BCUT2D eigenvalue weighted by Crippen LogP contribution is -2.47. The molecule has 28 heavy (non-hydrogen) atoms. The molecule has 1 saturated heterocycles. The van der Waals surface area contributed by atoms with Gasteiger partial charge in [-0.3, -0.25) is 9.48 Å². The van der Waals surface area contributed by atoms with Crippen molar-refractivity contribution in [1.82, 2.24) is 14.7 Å². The molecule has 1 unspecified atom stereocenters. The molecule has 0 radical (unpaired) electrons. The molecule has 0 aliphatic carbocycles. The van der Waals surface area contributed by atoms with Crippen LogP contribution < -0.4 is 11.1 Å². The molecule has 7 nitrogen and oxygen atoms in total. The number of anilines is 1. The summed E-state index contributed by atoms with van der Waals surface area (Å²) in [7, 11) is 0. The molecule has 1 aliphatic rings. The number of halogens is 1. The van der Waals surface area contributed by atoms with Crippen LogP contribution in [0.5, 0.6) is 0 Å². The molecule has 3 rings (SSSR count). The molecule has 1 aromatic heterocycles. The van der Waals surface area contributed by atoms with Gasteiger partial charge in [-0.2, -0.15) is 5.10 Å². The molecule has 3 amide bonds. The maximum absolute atomic E-state index is 14.2. The highest BCUT2D eigenvalue weighted by molar-refractivity contribution is 6.05. The third kappa shape index (κ3) is 4.43. The highest BCUT2D eigenvalue weighted by Gasteiger charge is 2.33. The second kappa shape index (κ2) is 7.07. The van der Waals surface area contributed by atoms with Gasteiger partial charge in [-0.15, -0.1) is 0 Å². The molecular weight excluding hydrogens is 361 g/mol. The van der Waals surface area contributed by atoms with E-state index >= 15 is 0 Å². The summed E-state index contributed by atoms with van der Waals surface area (Å²) in [6, 6.07) is 4.90. The van der Waals surface area contributed by atoms with E-state index in [1.165, 1.54) is 11.8 Å². The summed E-state index contributed by atoms with van der Waals surface area (Å²) >= 11 is 0. The van der Waals surface area contributed by atoms with E-state index in [1.807, 2.05) is 6.07 Å². The van der Waals surface area contributed by atoms with E-state index < -0.39 is 11.6 Å². The van der Waals surface area contributed by atoms with Gasteiger partial charge in [-0.25, -0.2) is 9.18 Å². The fraction of sp³-hybridized carbons (Fsp3) is 0.550. The third-order valence-corrected chi connectivity index (χ3v) is 4.79. The Balaban J connectivity index is 1.88. The van der Waals surface area contributed by atoms with E-state index in [1.54, 1.807) is 16.8 Å². The van der Waals surface area contributed by atoms with Crippen LogP contribution in [0, 0.1) is 5.41 Å². The van der Waals surface area contributed by atoms with Crippen LogP contribution in [-0.4, -0.2) is 45.4 Å². The molecule has 1 aromatic carbocycles. The second-order valence-electron chi connectivity index (χ2n) is 9.03. The monoisotopic (exact) mass is 389 g/mol. The van der Waals surface area contributed by atoms with Crippen molar-refractivity contribution in [1.29, 1.82) is 0 Å². The van der Waals surface area contributed by atoms with Crippen LogP contribution >= 0.6 is 0 Å². The maximum atomic E-state index is 14.2. The van der Waals surface area contributed by atoms with Gasteiger partial charge in [0.2, 0.25) is 0 Å². The SMILES string of the molecule is CC(C)(C)Cn1nc(C(N)=O)c2cc(NC(=O)N3CCCC(C)(F)C3)ccc21. The van der Waals surface area contributed by atoms with E-state index in [0.717, 1.165) is 5.52 Å². The van der Waals surface area contributed by atoms with Crippen molar-refractivity contribution >= 4 is 28.5 Å². The molecule has 0 spiro atoms. The first-order valence-corrected chi connectivity index (χ1v) is 9.50. The van der Waals surface area contributed by atoms with Crippen LogP contribution in [0.15, 0.2) is 18.2 Å². The molecule has 8 heteroatoms. The number of piperidine rings is 1. The van der Waals surface area contributed by atoms with Gasteiger partial charge in [-0.1, -0.05) is 20.8 Å². The molecule has 0 bridgehead atoms. The number of benzene rings is 1. The van der Waals surface area contributed by atoms with Crippen molar-refractivity contribution in [2.75, 3.05) is 18.4 Å². The van der Waals surface area contributed by atoms with E-state index in [-0.39, 0.29) is 23.7 Å². The highest BCUT2D eigenvalue weighted by atomic mass is 19.1. The van der Waals surface area contributed by atoms with Crippen LogP contribution in [-0.2, 0) is 6.54 Å². The van der Waals surface area contributed by atoms with E-state index in [4.69, 9.17) is 5.73 Å². The van der Waals surface area contributed by atoms with Crippen LogP contribution in [0.3, 0.4) is 0 Å². The number of fused-ring (bicyclic) bond motifs is 1. The molecular formula is C20H28FN5O2. The Morgan fingerprint density at radius 2 is 2.07 bits per heavy atom. The number of carbonyl (C=O) groups is 2. The number of nitrogens with two attached hydrogens (primary N) is 1. The zero-order chi connectivity index (χ0) is 20.7.